The second-order valence-electron chi connectivity index (χ2n) is 2.27. The van der Waals surface area contributed by atoms with Gasteiger partial charge in [0.2, 0.25) is 0 Å². The second kappa shape index (κ2) is 4.11. The molecule has 1 N–H and O–H groups in total. The minimum atomic E-state index is 0.843. The van der Waals surface area contributed by atoms with Gasteiger partial charge in [0.15, 0.2) is 0 Å². The summed E-state index contributed by atoms with van der Waals surface area (Å²) in [4.78, 5) is 4.27. The van der Waals surface area contributed by atoms with Crippen molar-refractivity contribution in [2.45, 2.75) is 11.9 Å². The van der Waals surface area contributed by atoms with Gasteiger partial charge in [-0.05, 0) is 25.3 Å². The standard InChI is InChI=1S/C8H10N2OS/c1-6-7(5-9-11)3-4-8(10-6)12-2/h3-5,11H,1-2H3/b9-5+. The monoisotopic (exact) mass is 182 g/mol. The maximum Gasteiger partial charge on any atom is 0.0960 e. The second-order valence-corrected chi connectivity index (χ2v) is 3.10. The van der Waals surface area contributed by atoms with Crippen LogP contribution in [0.25, 0.3) is 0 Å². The predicted molar refractivity (Wildman–Crippen MR) is 50.1 cm³/mol. The lowest BCUT2D eigenvalue weighted by atomic mass is 10.2. The normalized spacial score (nSPS) is 10.8. The molecule has 0 unspecified atom stereocenters. The van der Waals surface area contributed by atoms with E-state index in [0.29, 0.717) is 0 Å². The fourth-order valence-electron chi connectivity index (χ4n) is 0.861. The number of aromatic nitrogens is 1. The Bertz CT molecular complexity index is 299. The van der Waals surface area contributed by atoms with Gasteiger partial charge in [0.1, 0.15) is 0 Å². The molecule has 0 atom stereocenters. The SMILES string of the molecule is CSc1ccc(/C=N/O)c(C)n1. The molecule has 0 aliphatic carbocycles. The third kappa shape index (κ3) is 1.98. The van der Waals surface area contributed by atoms with E-state index in [9.17, 15) is 0 Å². The van der Waals surface area contributed by atoms with Crippen molar-refractivity contribution < 1.29 is 5.21 Å². The molecule has 1 rings (SSSR count). The molecule has 0 saturated heterocycles. The summed E-state index contributed by atoms with van der Waals surface area (Å²) in [5.41, 5.74) is 1.72. The third-order valence-corrected chi connectivity index (χ3v) is 2.15. The zero-order valence-electron chi connectivity index (χ0n) is 6.98. The maximum absolute atomic E-state index is 8.31. The molecule has 0 amide bonds. The highest BCUT2D eigenvalue weighted by atomic mass is 32.2. The molecule has 3 nitrogen and oxygen atoms in total. The molecule has 0 saturated carbocycles. The van der Waals surface area contributed by atoms with E-state index < -0.39 is 0 Å². The van der Waals surface area contributed by atoms with E-state index in [1.807, 2.05) is 25.3 Å². The number of oxime groups is 1. The molecule has 1 aromatic rings. The van der Waals surface area contributed by atoms with Crippen molar-refractivity contribution in [2.24, 2.45) is 5.16 Å². The van der Waals surface area contributed by atoms with Crippen molar-refractivity contribution in [3.63, 3.8) is 0 Å². The summed E-state index contributed by atoms with van der Waals surface area (Å²) in [6, 6.07) is 3.78. The minimum Gasteiger partial charge on any atom is -0.411 e. The predicted octanol–water partition coefficient (Wildman–Crippen LogP) is 1.92. The van der Waals surface area contributed by atoms with E-state index in [-0.39, 0.29) is 0 Å². The first kappa shape index (κ1) is 9.06. The first-order valence-electron chi connectivity index (χ1n) is 3.47. The lowest BCUT2D eigenvalue weighted by Gasteiger charge is -2.00. The van der Waals surface area contributed by atoms with Gasteiger partial charge in [0, 0.05) is 11.3 Å². The van der Waals surface area contributed by atoms with Crippen molar-refractivity contribution >= 4 is 18.0 Å². The van der Waals surface area contributed by atoms with Gasteiger partial charge < -0.3 is 5.21 Å². The Morgan fingerprint density at radius 1 is 1.58 bits per heavy atom. The van der Waals surface area contributed by atoms with Crippen LogP contribution in [0.2, 0.25) is 0 Å². The van der Waals surface area contributed by atoms with Gasteiger partial charge in [-0.3, -0.25) is 0 Å². The van der Waals surface area contributed by atoms with Crippen LogP contribution in [-0.2, 0) is 0 Å². The highest BCUT2D eigenvalue weighted by Crippen LogP contribution is 2.13. The number of hydrogen-bond acceptors (Lipinski definition) is 4. The zero-order chi connectivity index (χ0) is 8.97. The Morgan fingerprint density at radius 3 is 2.83 bits per heavy atom. The molecule has 1 aromatic heterocycles. The van der Waals surface area contributed by atoms with Crippen LogP contribution in [-0.4, -0.2) is 22.7 Å². The molecular formula is C8H10N2OS. The molecule has 1 heterocycles. The highest BCUT2D eigenvalue weighted by molar-refractivity contribution is 7.98. The highest BCUT2D eigenvalue weighted by Gasteiger charge is 1.97. The summed E-state index contributed by atoms with van der Waals surface area (Å²) in [5, 5.41) is 12.2. The third-order valence-electron chi connectivity index (χ3n) is 1.51. The molecule has 12 heavy (non-hydrogen) atoms. The first-order chi connectivity index (χ1) is 5.77. The summed E-state index contributed by atoms with van der Waals surface area (Å²) in [7, 11) is 0. The van der Waals surface area contributed by atoms with Gasteiger partial charge in [0.05, 0.1) is 11.2 Å². The molecule has 0 radical (unpaired) electrons. The Labute approximate surface area is 75.5 Å². The lowest BCUT2D eigenvalue weighted by molar-refractivity contribution is 0.322. The van der Waals surface area contributed by atoms with E-state index in [2.05, 4.69) is 10.1 Å². The van der Waals surface area contributed by atoms with Gasteiger partial charge in [-0.25, -0.2) is 4.98 Å². The molecule has 0 bridgehead atoms. The fourth-order valence-corrected chi connectivity index (χ4v) is 1.29. The summed E-state index contributed by atoms with van der Waals surface area (Å²) in [6.45, 7) is 1.89. The van der Waals surface area contributed by atoms with Crippen molar-refractivity contribution in [1.82, 2.24) is 4.98 Å². The van der Waals surface area contributed by atoms with Crippen LogP contribution in [0.5, 0.6) is 0 Å². The Kier molecular flexibility index (Phi) is 3.10. The number of nitrogens with zero attached hydrogens (tertiary/aromatic N) is 2. The quantitative estimate of drug-likeness (QED) is 0.329. The van der Waals surface area contributed by atoms with E-state index in [1.165, 1.54) is 6.21 Å². The van der Waals surface area contributed by atoms with Crippen LogP contribution in [0.15, 0.2) is 22.3 Å². The summed E-state index contributed by atoms with van der Waals surface area (Å²) >= 11 is 1.59. The van der Waals surface area contributed by atoms with Crippen molar-refractivity contribution in [3.05, 3.63) is 23.4 Å². The van der Waals surface area contributed by atoms with Crippen LogP contribution in [0.1, 0.15) is 11.3 Å². The summed E-state index contributed by atoms with van der Waals surface area (Å²) in [6.07, 6.45) is 3.36. The molecule has 0 aliphatic heterocycles. The molecular weight excluding hydrogens is 172 g/mol. The maximum atomic E-state index is 8.31. The van der Waals surface area contributed by atoms with Gasteiger partial charge >= 0.3 is 0 Å². The molecule has 0 aromatic carbocycles. The molecule has 0 aliphatic rings. The minimum absolute atomic E-state index is 0.843. The van der Waals surface area contributed by atoms with E-state index in [0.717, 1.165) is 16.3 Å². The number of pyridine rings is 1. The van der Waals surface area contributed by atoms with Crippen molar-refractivity contribution in [1.29, 1.82) is 0 Å². The first-order valence-corrected chi connectivity index (χ1v) is 4.69. The lowest BCUT2D eigenvalue weighted by Crippen LogP contribution is -1.91. The molecule has 64 valence electrons. The fraction of sp³-hybridized carbons (Fsp3) is 0.250. The largest absolute Gasteiger partial charge is 0.411 e. The van der Waals surface area contributed by atoms with E-state index in [1.54, 1.807) is 11.8 Å². The van der Waals surface area contributed by atoms with Gasteiger partial charge in [-0.2, -0.15) is 0 Å². The Balaban J connectivity index is 3.03. The number of aryl methyl sites for hydroxylation is 1. The van der Waals surface area contributed by atoms with Crippen LogP contribution >= 0.6 is 11.8 Å². The van der Waals surface area contributed by atoms with Crippen molar-refractivity contribution in [2.75, 3.05) is 6.26 Å². The van der Waals surface area contributed by atoms with Gasteiger partial charge in [-0.15, -0.1) is 11.8 Å². The molecule has 0 fully saturated rings. The Morgan fingerprint density at radius 2 is 2.33 bits per heavy atom. The Hall–Kier alpha value is -1.03. The topological polar surface area (TPSA) is 45.5 Å². The van der Waals surface area contributed by atoms with Gasteiger partial charge in [0.25, 0.3) is 0 Å². The molecule has 0 spiro atoms. The van der Waals surface area contributed by atoms with Crippen LogP contribution in [0.4, 0.5) is 0 Å². The van der Waals surface area contributed by atoms with Crippen LogP contribution in [0.3, 0.4) is 0 Å². The number of rotatable bonds is 2. The number of thioether (sulfide) groups is 1. The van der Waals surface area contributed by atoms with Crippen LogP contribution in [0, 0.1) is 6.92 Å². The average Bonchev–Trinajstić information content (AvgIpc) is 2.09. The number of hydrogen-bond donors (Lipinski definition) is 1. The zero-order valence-corrected chi connectivity index (χ0v) is 7.80. The van der Waals surface area contributed by atoms with Crippen molar-refractivity contribution in [3.8, 4) is 0 Å². The smallest absolute Gasteiger partial charge is 0.0960 e. The van der Waals surface area contributed by atoms with Gasteiger partial charge in [-0.1, -0.05) is 5.16 Å². The van der Waals surface area contributed by atoms with E-state index >= 15 is 0 Å². The summed E-state index contributed by atoms with van der Waals surface area (Å²) in [5.74, 6) is 0. The van der Waals surface area contributed by atoms with E-state index in [4.69, 9.17) is 5.21 Å². The summed E-state index contributed by atoms with van der Waals surface area (Å²) < 4.78 is 0. The average molecular weight is 182 g/mol. The van der Waals surface area contributed by atoms with Crippen LogP contribution < -0.4 is 0 Å². The molecule has 4 heteroatoms.